The molecule has 0 amide bonds. The van der Waals surface area contributed by atoms with Crippen LogP contribution >= 0.6 is 0 Å². The lowest BCUT2D eigenvalue weighted by Gasteiger charge is -2.23. The molecule has 1 aromatic rings. The fourth-order valence-corrected chi connectivity index (χ4v) is 4.39. The number of aliphatic hydroxyl groups excluding tert-OH is 1. The lowest BCUT2D eigenvalue weighted by molar-refractivity contribution is -0.137. The number of benzene rings is 1. The third kappa shape index (κ3) is 3.11. The smallest absolute Gasteiger partial charge is 0.395 e. The van der Waals surface area contributed by atoms with E-state index in [1.807, 2.05) is 0 Å². The highest BCUT2D eigenvalue weighted by atomic mass is 32.2. The van der Waals surface area contributed by atoms with E-state index in [0.717, 1.165) is 16.4 Å². The third-order valence-electron chi connectivity index (χ3n) is 3.61. The van der Waals surface area contributed by atoms with Crippen molar-refractivity contribution in [2.24, 2.45) is 0 Å². The Hall–Kier alpha value is -1.19. The Morgan fingerprint density at radius 1 is 1.36 bits per heavy atom. The number of hydrogen-bond donors (Lipinski definition) is 1. The van der Waals surface area contributed by atoms with Gasteiger partial charge in [-0.05, 0) is 37.1 Å². The van der Waals surface area contributed by atoms with E-state index in [4.69, 9.17) is 5.11 Å². The van der Waals surface area contributed by atoms with Crippen LogP contribution in [0.15, 0.2) is 23.1 Å². The number of sulfonamides is 1. The molecular weight excluding hydrogens is 326 g/mol. The Morgan fingerprint density at radius 3 is 2.50 bits per heavy atom. The predicted molar refractivity (Wildman–Crippen MR) is 70.5 cm³/mol. The molecule has 1 aromatic carbocycles. The second-order valence-electron chi connectivity index (χ2n) is 5.22. The van der Waals surface area contributed by atoms with E-state index in [0.29, 0.717) is 6.07 Å². The van der Waals surface area contributed by atoms with Crippen molar-refractivity contribution in [3.8, 4) is 0 Å². The highest BCUT2D eigenvalue weighted by molar-refractivity contribution is 7.89. The summed E-state index contributed by atoms with van der Waals surface area (Å²) >= 11 is 0. The largest absolute Gasteiger partial charge is 0.416 e. The predicted octanol–water partition coefficient (Wildman–Crippen LogP) is 2.11. The van der Waals surface area contributed by atoms with Gasteiger partial charge in [0, 0.05) is 6.54 Å². The molecule has 2 atom stereocenters. The summed E-state index contributed by atoms with van der Waals surface area (Å²) in [4.78, 5) is -0.312. The summed E-state index contributed by atoms with van der Waals surface area (Å²) in [5, 5.41) is 9.16. The molecule has 4 nitrogen and oxygen atoms in total. The monoisotopic (exact) mass is 341 g/mol. The maximum atomic E-state index is 13.4. The van der Waals surface area contributed by atoms with E-state index >= 15 is 0 Å². The average Bonchev–Trinajstić information content (AvgIpc) is 2.79. The minimum atomic E-state index is -4.57. The Morgan fingerprint density at radius 2 is 2.00 bits per heavy atom. The van der Waals surface area contributed by atoms with Crippen molar-refractivity contribution in [3.63, 3.8) is 0 Å². The fourth-order valence-electron chi connectivity index (χ4n) is 2.53. The first-order valence-corrected chi connectivity index (χ1v) is 7.96. The molecule has 1 N–H and O–H groups in total. The summed E-state index contributed by atoms with van der Waals surface area (Å²) in [5.74, 6) is 0. The number of nitrogens with zero attached hydrogens (tertiary/aromatic N) is 1. The molecule has 22 heavy (non-hydrogen) atoms. The Bertz CT molecular complexity index is 660. The molecule has 1 aliphatic heterocycles. The zero-order valence-electron chi connectivity index (χ0n) is 11.6. The molecule has 1 aliphatic rings. The molecule has 0 aliphatic carbocycles. The van der Waals surface area contributed by atoms with Gasteiger partial charge in [-0.2, -0.15) is 17.5 Å². The molecule has 9 heteroatoms. The summed E-state index contributed by atoms with van der Waals surface area (Å²) in [6, 6.07) is 1.38. The topological polar surface area (TPSA) is 57.6 Å². The Kier molecular flexibility index (Phi) is 4.51. The van der Waals surface area contributed by atoms with E-state index in [-0.39, 0.29) is 16.9 Å². The van der Waals surface area contributed by atoms with E-state index in [9.17, 15) is 26.0 Å². The molecule has 0 spiro atoms. The van der Waals surface area contributed by atoms with Crippen LogP contribution in [0.2, 0.25) is 0 Å². The number of rotatable bonds is 3. The van der Waals surface area contributed by atoms with Crippen LogP contribution in [0.1, 0.15) is 17.5 Å². The normalized spacial score (nSPS) is 23.9. The lowest BCUT2D eigenvalue weighted by atomic mass is 10.1. The molecule has 0 radical (unpaired) electrons. The van der Waals surface area contributed by atoms with Crippen molar-refractivity contribution in [2.75, 3.05) is 13.2 Å². The molecule has 0 bridgehead atoms. The zero-order valence-corrected chi connectivity index (χ0v) is 12.5. The van der Waals surface area contributed by atoms with Gasteiger partial charge >= 0.3 is 6.18 Å². The van der Waals surface area contributed by atoms with Crippen LogP contribution in [0.25, 0.3) is 0 Å². The van der Waals surface area contributed by atoms with Gasteiger partial charge < -0.3 is 5.11 Å². The SMILES string of the molecule is Cc1cc(C(F)(F)F)ccc1S(=O)(=O)N1C[C@@H](F)C[C@H]1CO. The zero-order chi connectivity index (χ0) is 16.7. The molecule has 0 aromatic heterocycles. The Balaban J connectivity index is 2.42. The summed E-state index contributed by atoms with van der Waals surface area (Å²) in [7, 11) is -4.16. The number of hydrogen-bond acceptors (Lipinski definition) is 3. The highest BCUT2D eigenvalue weighted by Gasteiger charge is 2.41. The minimum Gasteiger partial charge on any atom is -0.395 e. The average molecular weight is 341 g/mol. The van der Waals surface area contributed by atoms with Gasteiger partial charge in [0.15, 0.2) is 0 Å². The summed E-state index contributed by atoms with van der Waals surface area (Å²) in [6.45, 7) is 0.298. The first-order valence-electron chi connectivity index (χ1n) is 6.52. The van der Waals surface area contributed by atoms with Crippen LogP contribution in [-0.2, 0) is 16.2 Å². The van der Waals surface area contributed by atoms with Crippen LogP contribution in [0.4, 0.5) is 17.6 Å². The summed E-state index contributed by atoms with van der Waals surface area (Å²) in [6.07, 6.45) is -6.10. The van der Waals surface area contributed by atoms with Crippen molar-refractivity contribution in [3.05, 3.63) is 29.3 Å². The third-order valence-corrected chi connectivity index (χ3v) is 5.69. The van der Waals surface area contributed by atoms with Gasteiger partial charge in [-0.15, -0.1) is 0 Å². The first kappa shape index (κ1) is 17.2. The second-order valence-corrected chi connectivity index (χ2v) is 7.08. The van der Waals surface area contributed by atoms with Gasteiger partial charge in [-0.1, -0.05) is 0 Å². The molecule has 0 saturated carbocycles. The molecule has 124 valence electrons. The molecule has 1 heterocycles. The van der Waals surface area contributed by atoms with Crippen LogP contribution < -0.4 is 0 Å². The maximum Gasteiger partial charge on any atom is 0.416 e. The maximum absolute atomic E-state index is 13.4. The number of halogens is 4. The molecule has 1 fully saturated rings. The number of aliphatic hydroxyl groups is 1. The van der Waals surface area contributed by atoms with Crippen molar-refractivity contribution >= 4 is 10.0 Å². The molecular formula is C13H15F4NO3S. The van der Waals surface area contributed by atoms with Crippen LogP contribution in [0, 0.1) is 6.92 Å². The highest BCUT2D eigenvalue weighted by Crippen LogP contribution is 2.33. The standard InChI is InChI=1S/C13H15F4NO3S/c1-8-4-9(13(15,16)17)2-3-12(8)22(20,21)18-6-10(14)5-11(18)7-19/h2-4,10-11,19H,5-7H2,1H3/t10-,11-/m0/s1. The minimum absolute atomic E-state index is 0.0752. The van der Waals surface area contributed by atoms with Crippen LogP contribution in [0.3, 0.4) is 0 Å². The summed E-state index contributed by atoms with van der Waals surface area (Å²) in [5.41, 5.74) is -1.03. The fraction of sp³-hybridized carbons (Fsp3) is 0.538. The van der Waals surface area contributed by atoms with Crippen molar-refractivity contribution in [1.29, 1.82) is 0 Å². The van der Waals surface area contributed by atoms with Crippen molar-refractivity contribution in [1.82, 2.24) is 4.31 Å². The Labute approximate surface area is 125 Å². The van der Waals surface area contributed by atoms with Crippen molar-refractivity contribution < 1.29 is 31.1 Å². The lowest BCUT2D eigenvalue weighted by Crippen LogP contribution is -2.38. The molecule has 0 unspecified atom stereocenters. The van der Waals surface area contributed by atoms with Gasteiger partial charge in [0.2, 0.25) is 10.0 Å². The molecule has 2 rings (SSSR count). The quantitative estimate of drug-likeness (QED) is 0.857. The van der Waals surface area contributed by atoms with Crippen LogP contribution in [-0.4, -0.2) is 43.2 Å². The van der Waals surface area contributed by atoms with Crippen LogP contribution in [0.5, 0.6) is 0 Å². The van der Waals surface area contributed by atoms with Gasteiger partial charge in [-0.25, -0.2) is 12.8 Å². The first-order chi connectivity index (χ1) is 10.1. The van der Waals surface area contributed by atoms with Gasteiger partial charge in [-0.3, -0.25) is 0 Å². The van der Waals surface area contributed by atoms with E-state index < -0.39 is 47.1 Å². The van der Waals surface area contributed by atoms with E-state index in [2.05, 4.69) is 0 Å². The van der Waals surface area contributed by atoms with Crippen molar-refractivity contribution in [2.45, 2.75) is 36.6 Å². The number of aryl methyl sites for hydroxylation is 1. The second kappa shape index (κ2) is 5.78. The molecule has 1 saturated heterocycles. The van der Waals surface area contributed by atoms with E-state index in [1.165, 1.54) is 6.92 Å². The van der Waals surface area contributed by atoms with E-state index in [1.54, 1.807) is 0 Å². The number of alkyl halides is 4. The summed E-state index contributed by atoms with van der Waals surface area (Å²) < 4.78 is 77.1. The van der Waals surface area contributed by atoms with Gasteiger partial charge in [0.1, 0.15) is 6.17 Å². The van der Waals surface area contributed by atoms with Gasteiger partial charge in [0.05, 0.1) is 23.1 Å². The van der Waals surface area contributed by atoms with Gasteiger partial charge in [0.25, 0.3) is 0 Å².